The summed E-state index contributed by atoms with van der Waals surface area (Å²) < 4.78 is 5.31. The van der Waals surface area contributed by atoms with Crippen LogP contribution >= 0.6 is 0 Å². The molecule has 1 spiro atoms. The smallest absolute Gasteiger partial charge is 0.411 e. The highest BCUT2D eigenvalue weighted by molar-refractivity contribution is 5.85. The highest BCUT2D eigenvalue weighted by Crippen LogP contribution is 2.58. The lowest BCUT2D eigenvalue weighted by molar-refractivity contribution is -0.148. The number of rotatable bonds is 1. The number of likely N-dealkylation sites (tertiary alicyclic amines) is 1. The number of nitrogens with zero attached hydrogens (tertiary/aromatic N) is 1. The molecule has 1 N–H and O–H groups in total. The molecule has 1 atom stereocenters. The first-order valence-electron chi connectivity index (χ1n) is 6.32. The summed E-state index contributed by atoms with van der Waals surface area (Å²) in [7, 11) is 0. The predicted octanol–water partition coefficient (Wildman–Crippen LogP) is 2.25. The van der Waals surface area contributed by atoms with Gasteiger partial charge in [-0.25, -0.2) is 9.59 Å². The van der Waals surface area contributed by atoms with E-state index >= 15 is 0 Å². The lowest BCUT2D eigenvalue weighted by Crippen LogP contribution is -2.52. The summed E-state index contributed by atoms with van der Waals surface area (Å²) in [5.74, 6) is -0.947. The van der Waals surface area contributed by atoms with Gasteiger partial charge in [-0.2, -0.15) is 0 Å². The van der Waals surface area contributed by atoms with Crippen LogP contribution in [0.5, 0.6) is 0 Å². The van der Waals surface area contributed by atoms with Crippen LogP contribution in [0, 0.1) is 5.41 Å². The average molecular weight is 255 g/mol. The molecule has 1 saturated carbocycles. The first kappa shape index (κ1) is 13.2. The molecule has 5 nitrogen and oxygen atoms in total. The van der Waals surface area contributed by atoms with Crippen LogP contribution in [-0.2, 0) is 9.53 Å². The van der Waals surface area contributed by atoms with Crippen molar-refractivity contribution < 1.29 is 19.4 Å². The van der Waals surface area contributed by atoms with Gasteiger partial charge in [0.1, 0.15) is 11.1 Å². The Morgan fingerprint density at radius 1 is 1.28 bits per heavy atom. The standard InChI is InChI=1S/C13H21NO4/c1-11(2,3)18-10(17)14-8-13(5-6-13)7-12(14,4)9(15)16/h5-8H2,1-4H3,(H,15,16). The summed E-state index contributed by atoms with van der Waals surface area (Å²) in [6.07, 6.45) is 2.04. The van der Waals surface area contributed by atoms with Crippen molar-refractivity contribution in [2.45, 2.75) is 58.1 Å². The fraction of sp³-hybridized carbons (Fsp3) is 0.846. The minimum Gasteiger partial charge on any atom is -0.480 e. The summed E-state index contributed by atoms with van der Waals surface area (Å²) in [6.45, 7) is 7.47. The van der Waals surface area contributed by atoms with Crippen molar-refractivity contribution in [1.29, 1.82) is 0 Å². The van der Waals surface area contributed by atoms with Gasteiger partial charge in [0.15, 0.2) is 0 Å². The second kappa shape index (κ2) is 3.62. The van der Waals surface area contributed by atoms with Gasteiger partial charge >= 0.3 is 12.1 Å². The van der Waals surface area contributed by atoms with Crippen LogP contribution in [0.4, 0.5) is 4.79 Å². The third-order valence-corrected chi connectivity index (χ3v) is 3.84. The van der Waals surface area contributed by atoms with Crippen molar-refractivity contribution in [3.8, 4) is 0 Å². The number of carbonyl (C=O) groups excluding carboxylic acids is 1. The van der Waals surface area contributed by atoms with Crippen LogP contribution in [0.15, 0.2) is 0 Å². The van der Waals surface area contributed by atoms with Gasteiger partial charge in [-0.3, -0.25) is 4.90 Å². The molecular formula is C13H21NO4. The molecule has 1 aliphatic carbocycles. The number of carboxylic acid groups (broad SMARTS) is 1. The molecule has 2 aliphatic rings. The molecule has 1 heterocycles. The second-order valence-corrected chi connectivity index (χ2v) is 6.82. The van der Waals surface area contributed by atoms with E-state index in [9.17, 15) is 14.7 Å². The molecule has 0 bridgehead atoms. The van der Waals surface area contributed by atoms with E-state index in [1.807, 2.05) is 0 Å². The Balaban J connectivity index is 2.19. The summed E-state index contributed by atoms with van der Waals surface area (Å²) in [4.78, 5) is 25.0. The predicted molar refractivity (Wildman–Crippen MR) is 65.3 cm³/mol. The van der Waals surface area contributed by atoms with Crippen molar-refractivity contribution in [1.82, 2.24) is 4.90 Å². The molecule has 1 saturated heterocycles. The molecule has 18 heavy (non-hydrogen) atoms. The van der Waals surface area contributed by atoms with Gasteiger partial charge in [0, 0.05) is 6.54 Å². The maximum absolute atomic E-state index is 12.1. The molecule has 0 aromatic heterocycles. The largest absolute Gasteiger partial charge is 0.480 e. The number of aliphatic carboxylic acids is 1. The van der Waals surface area contributed by atoms with Gasteiger partial charge in [-0.1, -0.05) is 0 Å². The van der Waals surface area contributed by atoms with Crippen molar-refractivity contribution in [2.24, 2.45) is 5.41 Å². The monoisotopic (exact) mass is 255 g/mol. The zero-order valence-electron chi connectivity index (χ0n) is 11.4. The van der Waals surface area contributed by atoms with Gasteiger partial charge < -0.3 is 9.84 Å². The highest BCUT2D eigenvalue weighted by atomic mass is 16.6. The Morgan fingerprint density at radius 2 is 1.83 bits per heavy atom. The van der Waals surface area contributed by atoms with Crippen molar-refractivity contribution in [3.05, 3.63) is 0 Å². The minimum atomic E-state index is -1.13. The number of hydrogen-bond donors (Lipinski definition) is 1. The number of carbonyl (C=O) groups is 2. The van der Waals surface area contributed by atoms with Gasteiger partial charge in [0.05, 0.1) is 0 Å². The Morgan fingerprint density at radius 3 is 2.22 bits per heavy atom. The van der Waals surface area contributed by atoms with Crippen LogP contribution in [-0.4, -0.2) is 39.8 Å². The normalized spacial score (nSPS) is 29.4. The Kier molecular flexibility index (Phi) is 2.65. The van der Waals surface area contributed by atoms with Gasteiger partial charge in [-0.05, 0) is 52.4 Å². The summed E-state index contributed by atoms with van der Waals surface area (Å²) in [6, 6.07) is 0. The Bertz CT molecular complexity index is 394. The first-order valence-corrected chi connectivity index (χ1v) is 6.32. The summed E-state index contributed by atoms with van der Waals surface area (Å²) >= 11 is 0. The summed E-state index contributed by atoms with van der Waals surface area (Å²) in [5, 5.41) is 9.40. The molecule has 2 rings (SSSR count). The van der Waals surface area contributed by atoms with E-state index in [1.165, 1.54) is 4.90 Å². The van der Waals surface area contributed by atoms with Crippen LogP contribution in [0.3, 0.4) is 0 Å². The molecule has 0 radical (unpaired) electrons. The zero-order chi connectivity index (χ0) is 13.8. The number of amides is 1. The fourth-order valence-electron chi connectivity index (χ4n) is 2.68. The molecule has 102 valence electrons. The third kappa shape index (κ3) is 2.18. The van der Waals surface area contributed by atoms with E-state index in [2.05, 4.69) is 0 Å². The highest BCUT2D eigenvalue weighted by Gasteiger charge is 2.62. The van der Waals surface area contributed by atoms with E-state index in [4.69, 9.17) is 4.74 Å². The van der Waals surface area contributed by atoms with E-state index in [0.717, 1.165) is 12.8 Å². The van der Waals surface area contributed by atoms with Gasteiger partial charge in [0.25, 0.3) is 0 Å². The van der Waals surface area contributed by atoms with Crippen LogP contribution in [0.1, 0.15) is 47.0 Å². The zero-order valence-corrected chi connectivity index (χ0v) is 11.4. The average Bonchev–Trinajstić information content (AvgIpc) is 2.82. The SMILES string of the molecule is CC(C)(C)OC(=O)N1CC2(CC2)CC1(C)C(=O)O. The Hall–Kier alpha value is -1.26. The minimum absolute atomic E-state index is 0.0318. The maximum Gasteiger partial charge on any atom is 0.411 e. The third-order valence-electron chi connectivity index (χ3n) is 3.84. The lowest BCUT2D eigenvalue weighted by atomic mass is 9.93. The topological polar surface area (TPSA) is 66.8 Å². The molecule has 5 heteroatoms. The van der Waals surface area contributed by atoms with Gasteiger partial charge in [0.2, 0.25) is 0 Å². The summed E-state index contributed by atoms with van der Waals surface area (Å²) in [5.41, 5.74) is -1.70. The second-order valence-electron chi connectivity index (χ2n) is 6.82. The molecule has 2 fully saturated rings. The molecule has 1 amide bonds. The lowest BCUT2D eigenvalue weighted by Gasteiger charge is -2.32. The van der Waals surface area contributed by atoms with E-state index in [1.54, 1.807) is 27.7 Å². The van der Waals surface area contributed by atoms with Crippen LogP contribution in [0.2, 0.25) is 0 Å². The van der Waals surface area contributed by atoms with Crippen molar-refractivity contribution >= 4 is 12.1 Å². The number of carboxylic acids is 1. The van der Waals surface area contributed by atoms with Crippen molar-refractivity contribution in [3.63, 3.8) is 0 Å². The van der Waals surface area contributed by atoms with Gasteiger partial charge in [-0.15, -0.1) is 0 Å². The first-order chi connectivity index (χ1) is 8.08. The molecule has 0 aromatic carbocycles. The fourth-order valence-corrected chi connectivity index (χ4v) is 2.68. The maximum atomic E-state index is 12.1. The molecule has 0 aromatic rings. The van der Waals surface area contributed by atoms with E-state index < -0.39 is 23.2 Å². The van der Waals surface area contributed by atoms with Crippen LogP contribution in [0.25, 0.3) is 0 Å². The quantitative estimate of drug-likeness (QED) is 0.780. The van der Waals surface area contributed by atoms with E-state index in [-0.39, 0.29) is 5.41 Å². The number of ether oxygens (including phenoxy) is 1. The van der Waals surface area contributed by atoms with E-state index in [0.29, 0.717) is 13.0 Å². The molecule has 1 unspecified atom stereocenters. The molecule has 1 aliphatic heterocycles. The van der Waals surface area contributed by atoms with Crippen LogP contribution < -0.4 is 0 Å². The molecular weight excluding hydrogens is 234 g/mol. The Labute approximate surface area is 107 Å². The van der Waals surface area contributed by atoms with Crippen molar-refractivity contribution in [2.75, 3.05) is 6.54 Å². The number of hydrogen-bond acceptors (Lipinski definition) is 3.